The Kier molecular flexibility index (Phi) is 3.67. The summed E-state index contributed by atoms with van der Waals surface area (Å²) in [5.74, 6) is 4.24. The fourth-order valence-electron chi connectivity index (χ4n) is 0.922. The number of aliphatic carboxylic acids is 1. The average Bonchev–Trinajstić information content (AvgIpc) is 2.16. The minimum absolute atomic E-state index is 0.721. The van der Waals surface area contributed by atoms with Gasteiger partial charge in [-0.3, -0.25) is 5.84 Å². The van der Waals surface area contributed by atoms with Crippen molar-refractivity contribution in [3.05, 3.63) is 34.3 Å². The van der Waals surface area contributed by atoms with Gasteiger partial charge in [-0.15, -0.1) is 0 Å². The molecule has 0 bridgehead atoms. The normalized spacial score (nSPS) is 10.4. The number of carboxylic acids is 1. The van der Waals surface area contributed by atoms with Crippen molar-refractivity contribution in [1.29, 1.82) is 0 Å². The van der Waals surface area contributed by atoms with Crippen LogP contribution in [0.4, 0.5) is 5.69 Å². The SMILES string of the molecule is NNc1ccc(Br)c(/C=C/C(=O)O)c1. The second-order valence-corrected chi connectivity index (χ2v) is 3.41. The molecule has 0 atom stereocenters. The number of benzene rings is 1. The van der Waals surface area contributed by atoms with Gasteiger partial charge in [-0.1, -0.05) is 15.9 Å². The Morgan fingerprint density at radius 2 is 2.29 bits per heavy atom. The standard InChI is InChI=1S/C9H9BrN2O2/c10-8-3-2-7(12-11)5-6(8)1-4-9(13)14/h1-5,12H,11H2,(H,13,14)/b4-1+. The van der Waals surface area contributed by atoms with Gasteiger partial charge in [-0.25, -0.2) is 4.79 Å². The van der Waals surface area contributed by atoms with Crippen molar-refractivity contribution < 1.29 is 9.90 Å². The number of nitrogen functional groups attached to an aromatic ring is 1. The molecule has 4 nitrogen and oxygen atoms in total. The number of anilines is 1. The highest BCUT2D eigenvalue weighted by Crippen LogP contribution is 2.21. The Morgan fingerprint density at radius 1 is 1.57 bits per heavy atom. The van der Waals surface area contributed by atoms with E-state index in [1.165, 1.54) is 6.08 Å². The fraction of sp³-hybridized carbons (Fsp3) is 0. The summed E-state index contributed by atoms with van der Waals surface area (Å²) in [6.07, 6.45) is 2.56. The van der Waals surface area contributed by atoms with Gasteiger partial charge < -0.3 is 10.5 Å². The molecule has 0 radical (unpaired) electrons. The van der Waals surface area contributed by atoms with E-state index in [0.717, 1.165) is 21.8 Å². The van der Waals surface area contributed by atoms with Crippen LogP contribution in [-0.2, 0) is 4.79 Å². The summed E-state index contributed by atoms with van der Waals surface area (Å²) >= 11 is 3.30. The Morgan fingerprint density at radius 3 is 2.86 bits per heavy atom. The Balaban J connectivity index is 3.00. The summed E-state index contributed by atoms with van der Waals surface area (Å²) < 4.78 is 0.814. The predicted molar refractivity (Wildman–Crippen MR) is 58.6 cm³/mol. The summed E-state index contributed by atoms with van der Waals surface area (Å²) in [5, 5.41) is 8.45. The van der Waals surface area contributed by atoms with Gasteiger partial charge in [0.15, 0.2) is 0 Å². The third kappa shape index (κ3) is 2.86. The molecule has 0 unspecified atom stereocenters. The lowest BCUT2D eigenvalue weighted by Gasteiger charge is -2.02. The van der Waals surface area contributed by atoms with Crippen LogP contribution in [0.25, 0.3) is 6.08 Å². The van der Waals surface area contributed by atoms with Crippen molar-refractivity contribution >= 4 is 33.7 Å². The second kappa shape index (κ2) is 4.78. The Bertz CT molecular complexity index is 377. The predicted octanol–water partition coefficient (Wildman–Crippen LogP) is 1.83. The molecule has 0 aromatic heterocycles. The van der Waals surface area contributed by atoms with E-state index >= 15 is 0 Å². The van der Waals surface area contributed by atoms with Gasteiger partial charge in [-0.2, -0.15) is 0 Å². The van der Waals surface area contributed by atoms with Gasteiger partial charge in [0.1, 0.15) is 0 Å². The zero-order valence-corrected chi connectivity index (χ0v) is 8.78. The van der Waals surface area contributed by atoms with Crippen LogP contribution in [0.1, 0.15) is 5.56 Å². The van der Waals surface area contributed by atoms with Gasteiger partial charge in [0.05, 0.1) is 0 Å². The van der Waals surface area contributed by atoms with Crippen molar-refractivity contribution in [1.82, 2.24) is 0 Å². The highest BCUT2D eigenvalue weighted by molar-refractivity contribution is 9.10. The van der Waals surface area contributed by atoms with Gasteiger partial charge >= 0.3 is 5.97 Å². The van der Waals surface area contributed by atoms with Crippen molar-refractivity contribution in [3.8, 4) is 0 Å². The quantitative estimate of drug-likeness (QED) is 0.438. The van der Waals surface area contributed by atoms with Gasteiger partial charge in [-0.05, 0) is 29.8 Å². The largest absolute Gasteiger partial charge is 0.478 e. The van der Waals surface area contributed by atoms with Crippen LogP contribution < -0.4 is 11.3 Å². The number of nitrogens with one attached hydrogen (secondary N) is 1. The topological polar surface area (TPSA) is 75.3 Å². The highest BCUT2D eigenvalue weighted by atomic mass is 79.9. The van der Waals surface area contributed by atoms with Crippen LogP contribution in [0.3, 0.4) is 0 Å². The summed E-state index contributed by atoms with van der Waals surface area (Å²) in [6, 6.07) is 5.31. The lowest BCUT2D eigenvalue weighted by atomic mass is 10.2. The Labute approximate surface area is 89.5 Å². The van der Waals surface area contributed by atoms with E-state index in [2.05, 4.69) is 21.4 Å². The van der Waals surface area contributed by atoms with Crippen LogP contribution in [0.5, 0.6) is 0 Å². The van der Waals surface area contributed by atoms with E-state index in [9.17, 15) is 4.79 Å². The zero-order chi connectivity index (χ0) is 10.6. The van der Waals surface area contributed by atoms with E-state index in [1.54, 1.807) is 18.2 Å². The summed E-state index contributed by atoms with van der Waals surface area (Å²) in [5.41, 5.74) is 3.95. The third-order valence-electron chi connectivity index (χ3n) is 1.57. The first kappa shape index (κ1) is 10.7. The van der Waals surface area contributed by atoms with E-state index in [-0.39, 0.29) is 0 Å². The van der Waals surface area contributed by atoms with E-state index in [0.29, 0.717) is 0 Å². The first-order valence-corrected chi connectivity index (χ1v) is 4.60. The maximum absolute atomic E-state index is 10.3. The molecule has 0 spiro atoms. The molecule has 0 aliphatic carbocycles. The smallest absolute Gasteiger partial charge is 0.328 e. The lowest BCUT2D eigenvalue weighted by molar-refractivity contribution is -0.131. The van der Waals surface area contributed by atoms with Crippen molar-refractivity contribution in [2.45, 2.75) is 0 Å². The number of rotatable bonds is 3. The molecule has 0 aliphatic heterocycles. The van der Waals surface area contributed by atoms with Gasteiger partial charge in [0, 0.05) is 16.2 Å². The minimum Gasteiger partial charge on any atom is -0.478 e. The highest BCUT2D eigenvalue weighted by Gasteiger charge is 1.98. The molecular formula is C9H9BrN2O2. The summed E-state index contributed by atoms with van der Waals surface area (Å²) in [6.45, 7) is 0. The first-order valence-electron chi connectivity index (χ1n) is 3.80. The number of hydrogen-bond acceptors (Lipinski definition) is 3. The maximum atomic E-state index is 10.3. The monoisotopic (exact) mass is 256 g/mol. The van der Waals surface area contributed by atoms with Crippen LogP contribution in [0.2, 0.25) is 0 Å². The van der Waals surface area contributed by atoms with Gasteiger partial charge in [0.25, 0.3) is 0 Å². The molecule has 0 saturated heterocycles. The summed E-state index contributed by atoms with van der Waals surface area (Å²) in [7, 11) is 0. The molecule has 5 heteroatoms. The molecule has 14 heavy (non-hydrogen) atoms. The van der Waals surface area contributed by atoms with Crippen molar-refractivity contribution in [3.63, 3.8) is 0 Å². The van der Waals surface area contributed by atoms with Gasteiger partial charge in [0.2, 0.25) is 0 Å². The third-order valence-corrected chi connectivity index (χ3v) is 2.29. The number of hydrogen-bond donors (Lipinski definition) is 3. The number of hydrazine groups is 1. The zero-order valence-electron chi connectivity index (χ0n) is 7.20. The number of carboxylic acid groups (broad SMARTS) is 1. The molecule has 1 aromatic carbocycles. The Hall–Kier alpha value is -1.33. The molecule has 4 N–H and O–H groups in total. The van der Waals surface area contributed by atoms with E-state index in [4.69, 9.17) is 10.9 Å². The van der Waals surface area contributed by atoms with Crippen LogP contribution >= 0.6 is 15.9 Å². The van der Waals surface area contributed by atoms with Crippen LogP contribution in [0.15, 0.2) is 28.7 Å². The van der Waals surface area contributed by atoms with Crippen LogP contribution in [0, 0.1) is 0 Å². The average molecular weight is 257 g/mol. The molecule has 0 amide bonds. The molecule has 0 saturated carbocycles. The lowest BCUT2D eigenvalue weighted by Crippen LogP contribution is -2.06. The maximum Gasteiger partial charge on any atom is 0.328 e. The molecular weight excluding hydrogens is 248 g/mol. The number of nitrogens with two attached hydrogens (primary N) is 1. The second-order valence-electron chi connectivity index (χ2n) is 2.55. The number of carbonyl (C=O) groups is 1. The molecule has 1 rings (SSSR count). The summed E-state index contributed by atoms with van der Waals surface area (Å²) in [4.78, 5) is 10.3. The fourth-order valence-corrected chi connectivity index (χ4v) is 1.30. The van der Waals surface area contributed by atoms with E-state index < -0.39 is 5.97 Å². The van der Waals surface area contributed by atoms with Crippen molar-refractivity contribution in [2.24, 2.45) is 5.84 Å². The molecule has 0 aliphatic rings. The first-order chi connectivity index (χ1) is 6.63. The minimum atomic E-state index is -0.983. The molecule has 0 fully saturated rings. The van der Waals surface area contributed by atoms with Crippen LogP contribution in [-0.4, -0.2) is 11.1 Å². The molecule has 0 heterocycles. The van der Waals surface area contributed by atoms with E-state index in [1.807, 2.05) is 0 Å². The number of halogens is 1. The molecule has 1 aromatic rings. The van der Waals surface area contributed by atoms with Crippen molar-refractivity contribution in [2.75, 3.05) is 5.43 Å². The molecule has 74 valence electrons.